The molecule has 0 saturated carbocycles. The fourth-order valence-electron chi connectivity index (χ4n) is 1.78. The first-order chi connectivity index (χ1) is 8.21. The topological polar surface area (TPSA) is 178 Å². The molecule has 10 heteroatoms. The first-order valence-electron chi connectivity index (χ1n) is 4.85. The van der Waals surface area contributed by atoms with E-state index in [0.717, 1.165) is 12.1 Å². The van der Waals surface area contributed by atoms with E-state index >= 15 is 0 Å². The highest BCUT2D eigenvalue weighted by Gasteiger charge is 2.26. The Labute approximate surface area is 113 Å². The molecule has 0 unspecified atom stereocenters. The van der Waals surface area contributed by atoms with Crippen LogP contribution in [-0.2, 0) is 9.13 Å². The van der Waals surface area contributed by atoms with Gasteiger partial charge in [0.1, 0.15) is 0 Å². The van der Waals surface area contributed by atoms with E-state index in [1.54, 1.807) is 12.1 Å². The summed E-state index contributed by atoms with van der Waals surface area (Å²) >= 11 is 0. The highest BCUT2D eigenvalue weighted by atomic mass is 31.2. The van der Waals surface area contributed by atoms with Crippen molar-refractivity contribution in [2.75, 3.05) is 0 Å². The second-order valence-electron chi connectivity index (χ2n) is 3.74. The Morgan fingerprint density at radius 2 is 0.950 bits per heavy atom. The third-order valence-electron chi connectivity index (χ3n) is 2.51. The summed E-state index contributed by atoms with van der Waals surface area (Å²) in [5, 5.41) is -0.191. The van der Waals surface area contributed by atoms with Gasteiger partial charge in [-0.15, -0.1) is 0 Å². The molecule has 0 saturated heterocycles. The van der Waals surface area contributed by atoms with Gasteiger partial charge in [0.2, 0.25) is 0 Å². The zero-order valence-corrected chi connectivity index (χ0v) is 11.8. The van der Waals surface area contributed by atoms with Crippen LogP contribution in [0.25, 0.3) is 10.8 Å². The van der Waals surface area contributed by atoms with Gasteiger partial charge in [-0.05, 0) is 22.9 Å². The molecule has 20 heavy (non-hydrogen) atoms. The number of benzene rings is 2. The minimum absolute atomic E-state index is 0. The lowest BCUT2D eigenvalue weighted by Gasteiger charge is -2.12. The largest absolute Gasteiger partial charge is 0.412 e. The summed E-state index contributed by atoms with van der Waals surface area (Å²) in [4.78, 5) is 36.8. The lowest BCUT2D eigenvalue weighted by molar-refractivity contribution is 0.385. The molecule has 0 radical (unpaired) electrons. The van der Waals surface area contributed by atoms with Crippen LogP contribution >= 0.6 is 15.2 Å². The molecule has 2 rings (SSSR count). The van der Waals surface area contributed by atoms with Crippen LogP contribution in [0, 0.1) is 0 Å². The van der Waals surface area contributed by atoms with Crippen LogP contribution in [-0.4, -0.2) is 30.5 Å². The van der Waals surface area contributed by atoms with Gasteiger partial charge in [-0.25, -0.2) is 0 Å². The van der Waals surface area contributed by atoms with Crippen LogP contribution in [0.4, 0.5) is 0 Å². The number of hydrogen-bond donors (Lipinski definition) is 4. The Morgan fingerprint density at radius 1 is 0.650 bits per heavy atom. The van der Waals surface area contributed by atoms with Crippen LogP contribution in [0.5, 0.6) is 0 Å². The van der Waals surface area contributed by atoms with Gasteiger partial charge in [-0.1, -0.05) is 24.3 Å². The molecule has 0 aliphatic carbocycles. The summed E-state index contributed by atoms with van der Waals surface area (Å²) < 4.78 is 22.6. The number of fused-ring (bicyclic) bond motifs is 1. The summed E-state index contributed by atoms with van der Waals surface area (Å²) in [6.45, 7) is 0. The van der Waals surface area contributed by atoms with Crippen molar-refractivity contribution in [3.05, 3.63) is 36.4 Å². The molecule has 8 nitrogen and oxygen atoms in total. The van der Waals surface area contributed by atoms with Crippen molar-refractivity contribution >= 4 is 36.6 Å². The van der Waals surface area contributed by atoms with Crippen molar-refractivity contribution in [3.8, 4) is 0 Å². The first kappa shape index (κ1) is 18.9. The van der Waals surface area contributed by atoms with Gasteiger partial charge >= 0.3 is 15.2 Å². The maximum atomic E-state index is 11.3. The SMILES string of the molecule is O.O.O=P(O)(O)c1ccc(P(=O)(O)O)c2ccccc12. The standard InChI is InChI=1S/C10H10O6P2.2H2O/c11-17(12,13)9-5-6-10(18(14,15)16)8-4-2-1-3-7(8)9;;/h1-6H,(H2,11,12,13)(H2,14,15,16);2*1H2. The highest BCUT2D eigenvalue weighted by molar-refractivity contribution is 7.62. The minimum atomic E-state index is -4.49. The van der Waals surface area contributed by atoms with Crippen molar-refractivity contribution in [3.63, 3.8) is 0 Å². The van der Waals surface area contributed by atoms with Crippen molar-refractivity contribution in [2.45, 2.75) is 0 Å². The van der Waals surface area contributed by atoms with Crippen molar-refractivity contribution in [2.24, 2.45) is 0 Å². The molecule has 0 amide bonds. The maximum absolute atomic E-state index is 11.3. The Kier molecular flexibility index (Phi) is 5.80. The zero-order valence-electron chi connectivity index (χ0n) is 9.96. The van der Waals surface area contributed by atoms with E-state index < -0.39 is 15.2 Å². The van der Waals surface area contributed by atoms with Gasteiger partial charge in [0.05, 0.1) is 10.6 Å². The predicted octanol–water partition coefficient (Wildman–Crippen LogP) is -1.20. The highest BCUT2D eigenvalue weighted by Crippen LogP contribution is 2.40. The van der Waals surface area contributed by atoms with E-state index in [1.807, 2.05) is 0 Å². The quantitative estimate of drug-likeness (QED) is 0.503. The minimum Gasteiger partial charge on any atom is -0.412 e. The molecular weight excluding hydrogens is 310 g/mol. The van der Waals surface area contributed by atoms with Crippen LogP contribution in [0.3, 0.4) is 0 Å². The van der Waals surface area contributed by atoms with Crippen LogP contribution < -0.4 is 10.6 Å². The van der Waals surface area contributed by atoms with E-state index in [1.165, 1.54) is 12.1 Å². The van der Waals surface area contributed by atoms with E-state index in [0.29, 0.717) is 0 Å². The zero-order chi connectivity index (χ0) is 13.6. The number of rotatable bonds is 2. The Hall–Kier alpha value is -1.08. The summed E-state index contributed by atoms with van der Waals surface area (Å²) in [5.41, 5.74) is 0. The van der Waals surface area contributed by atoms with Gasteiger partial charge in [0, 0.05) is 0 Å². The van der Waals surface area contributed by atoms with Gasteiger partial charge in [0.25, 0.3) is 0 Å². The molecule has 0 atom stereocenters. The molecule has 0 aliphatic rings. The number of hydrogen-bond acceptors (Lipinski definition) is 2. The van der Waals surface area contributed by atoms with Crippen LogP contribution in [0.2, 0.25) is 0 Å². The summed E-state index contributed by atoms with van der Waals surface area (Å²) in [6, 6.07) is 8.04. The van der Waals surface area contributed by atoms with E-state index in [2.05, 4.69) is 0 Å². The molecule has 0 aliphatic heterocycles. The first-order valence-corrected chi connectivity index (χ1v) is 8.08. The predicted molar refractivity (Wildman–Crippen MR) is 74.5 cm³/mol. The lowest BCUT2D eigenvalue weighted by atomic mass is 10.1. The van der Waals surface area contributed by atoms with Crippen LogP contribution in [0.15, 0.2) is 36.4 Å². The molecule has 0 heterocycles. The molecule has 0 fully saturated rings. The molecule has 0 bridgehead atoms. The van der Waals surface area contributed by atoms with Crippen molar-refractivity contribution < 1.29 is 39.7 Å². The fourth-order valence-corrected chi connectivity index (χ4v) is 3.33. The molecule has 8 N–H and O–H groups in total. The van der Waals surface area contributed by atoms with Crippen molar-refractivity contribution in [1.82, 2.24) is 0 Å². The second-order valence-corrected chi connectivity index (χ2v) is 6.88. The molecule has 2 aromatic rings. The fraction of sp³-hybridized carbons (Fsp3) is 0. The maximum Gasteiger partial charge on any atom is 0.356 e. The summed E-state index contributed by atoms with van der Waals surface area (Å²) in [5.74, 6) is 0. The van der Waals surface area contributed by atoms with E-state index in [4.69, 9.17) is 0 Å². The lowest BCUT2D eigenvalue weighted by Crippen LogP contribution is -2.13. The van der Waals surface area contributed by atoms with Gasteiger partial charge < -0.3 is 30.5 Å². The smallest absolute Gasteiger partial charge is 0.356 e. The molecule has 0 aromatic heterocycles. The third kappa shape index (κ3) is 3.52. The van der Waals surface area contributed by atoms with Gasteiger partial charge in [-0.2, -0.15) is 0 Å². The van der Waals surface area contributed by atoms with E-state index in [-0.39, 0.29) is 32.3 Å². The summed E-state index contributed by atoms with van der Waals surface area (Å²) in [7, 11) is -8.98. The second kappa shape index (κ2) is 6.13. The Balaban J connectivity index is 0.00000180. The monoisotopic (exact) mass is 324 g/mol. The van der Waals surface area contributed by atoms with E-state index in [9.17, 15) is 28.7 Å². The molecule has 112 valence electrons. The molecule has 2 aromatic carbocycles. The average Bonchev–Trinajstić information content (AvgIpc) is 2.24. The normalized spacial score (nSPS) is 11.6. The Morgan fingerprint density at radius 3 is 1.20 bits per heavy atom. The molecular formula is C10H14O8P2. The third-order valence-corrected chi connectivity index (χ3v) is 4.54. The Bertz CT molecular complexity index is 641. The van der Waals surface area contributed by atoms with Crippen LogP contribution in [0.1, 0.15) is 0 Å². The average molecular weight is 324 g/mol. The van der Waals surface area contributed by atoms with Gasteiger partial charge in [0.15, 0.2) is 0 Å². The van der Waals surface area contributed by atoms with Gasteiger partial charge in [-0.3, -0.25) is 9.13 Å². The summed E-state index contributed by atoms with van der Waals surface area (Å²) in [6.07, 6.45) is 0. The van der Waals surface area contributed by atoms with Crippen molar-refractivity contribution in [1.29, 1.82) is 0 Å². The molecule has 0 spiro atoms.